The van der Waals surface area contributed by atoms with Crippen molar-refractivity contribution in [1.29, 1.82) is 0 Å². The third kappa shape index (κ3) is 76.9. The van der Waals surface area contributed by atoms with E-state index in [1.54, 1.807) is 0 Å². The van der Waals surface area contributed by atoms with E-state index in [0.717, 1.165) is 231 Å². The van der Waals surface area contributed by atoms with Gasteiger partial charge in [-0.1, -0.05) is 282 Å². The zero-order valence-corrected chi connectivity index (χ0v) is 67.8. The summed E-state index contributed by atoms with van der Waals surface area (Å²) >= 11 is 0. The van der Waals surface area contributed by atoms with Crippen molar-refractivity contribution in [1.82, 2.24) is 0 Å². The number of aliphatic hydroxyl groups excluding tert-OH is 1. The number of rotatable bonds is 75. The van der Waals surface area contributed by atoms with Gasteiger partial charge in [0.05, 0.1) is 26.4 Å². The minimum Gasteiger partial charge on any atom is -0.462 e. The highest BCUT2D eigenvalue weighted by Gasteiger charge is 2.30. The molecule has 0 aromatic carbocycles. The molecule has 0 saturated carbocycles. The fourth-order valence-electron chi connectivity index (χ4n) is 10.4. The third-order valence-corrected chi connectivity index (χ3v) is 18.4. The van der Waals surface area contributed by atoms with Crippen LogP contribution < -0.4 is 0 Å². The van der Waals surface area contributed by atoms with Crippen LogP contribution in [0.5, 0.6) is 0 Å². The zero-order chi connectivity index (χ0) is 77.4. The summed E-state index contributed by atoms with van der Waals surface area (Å²) in [6, 6.07) is 0. The van der Waals surface area contributed by atoms with E-state index >= 15 is 0 Å². The standard InChI is InChI=1S/C87H144O17P2/c1-5-9-13-17-21-25-29-33-36-39-40-43-45-49-52-56-60-64-68-72-85(90)97-77-82(103-86(91)73-69-65-61-57-53-47-32-28-24-20-16-12-8-4)79-101-105(93,94)99-75-81(88)76-100-106(95,96)102-80-83(104-87(92)74-70-66-62-58-54-50-46-42-38-35-31-27-23-19-15-11-7-3)78-98-84(89)71-67-63-59-55-51-48-44-41-37-34-30-26-22-18-14-10-6-2/h9-11,13-16,20-23,25-28,32-38,40,43-44,48,81-83,88H,5-8,12,17-19,24,29-31,39,41-42,45-47,49-80H2,1-4H3,(H,93,94)(H,95,96)/b13-9-,14-10-,15-11-,20-16-,25-21-,26-22-,27-23-,32-28-,36-33-,37-34-,38-35-,43-40-,48-44-. The Labute approximate surface area is 642 Å². The molecular formula is C87H144O17P2. The number of carbonyl (C=O) groups excluding carboxylic acids is 4. The number of hydrogen-bond acceptors (Lipinski definition) is 15. The number of phosphoric acid groups is 2. The Balaban J connectivity index is 5.41. The summed E-state index contributed by atoms with van der Waals surface area (Å²) in [6.07, 6.45) is 90.7. The summed E-state index contributed by atoms with van der Waals surface area (Å²) in [5.41, 5.74) is 0. The molecule has 0 amide bonds. The number of carbonyl (C=O) groups is 4. The smallest absolute Gasteiger partial charge is 0.462 e. The summed E-state index contributed by atoms with van der Waals surface area (Å²) in [7, 11) is -9.99. The van der Waals surface area contributed by atoms with Crippen LogP contribution in [0.4, 0.5) is 0 Å². The number of aliphatic hydroxyl groups is 1. The number of hydrogen-bond donors (Lipinski definition) is 3. The van der Waals surface area contributed by atoms with Gasteiger partial charge in [0.15, 0.2) is 12.2 Å². The number of allylic oxidation sites excluding steroid dienone is 26. The molecule has 0 aliphatic heterocycles. The van der Waals surface area contributed by atoms with E-state index in [2.05, 4.69) is 186 Å². The number of ether oxygens (including phenoxy) is 4. The summed E-state index contributed by atoms with van der Waals surface area (Å²) < 4.78 is 68.7. The quantitative estimate of drug-likeness (QED) is 0.0169. The highest BCUT2D eigenvalue weighted by molar-refractivity contribution is 7.47. The molecule has 0 bridgehead atoms. The van der Waals surface area contributed by atoms with Gasteiger partial charge < -0.3 is 33.8 Å². The van der Waals surface area contributed by atoms with E-state index in [9.17, 15) is 43.2 Å². The minimum absolute atomic E-state index is 0.0703. The summed E-state index contributed by atoms with van der Waals surface area (Å²) in [6.45, 7) is 4.41. The molecule has 0 heterocycles. The van der Waals surface area contributed by atoms with Crippen molar-refractivity contribution in [2.24, 2.45) is 0 Å². The van der Waals surface area contributed by atoms with Gasteiger partial charge in [0.25, 0.3) is 0 Å². The topological polar surface area (TPSA) is 237 Å². The number of esters is 4. The first-order valence-corrected chi connectivity index (χ1v) is 43.7. The van der Waals surface area contributed by atoms with Gasteiger partial charge >= 0.3 is 39.5 Å². The monoisotopic (exact) mass is 1520 g/mol. The van der Waals surface area contributed by atoms with Gasteiger partial charge in [-0.15, -0.1) is 0 Å². The van der Waals surface area contributed by atoms with Gasteiger partial charge in [0, 0.05) is 25.7 Å². The highest BCUT2D eigenvalue weighted by atomic mass is 31.2. The molecule has 0 aliphatic rings. The summed E-state index contributed by atoms with van der Waals surface area (Å²) in [5.74, 6) is -2.25. The lowest BCUT2D eigenvalue weighted by molar-refractivity contribution is -0.161. The van der Waals surface area contributed by atoms with Crippen LogP contribution in [0, 0.1) is 0 Å². The average molecular weight is 1520 g/mol. The van der Waals surface area contributed by atoms with Gasteiger partial charge in [0.1, 0.15) is 19.3 Å². The lowest BCUT2D eigenvalue weighted by Crippen LogP contribution is -2.30. The Hall–Kier alpha value is -5.32. The van der Waals surface area contributed by atoms with Crippen molar-refractivity contribution in [3.63, 3.8) is 0 Å². The molecular weight excluding hydrogens is 1380 g/mol. The van der Waals surface area contributed by atoms with Crippen LogP contribution >= 0.6 is 15.6 Å². The second kappa shape index (κ2) is 77.8. The molecule has 3 N–H and O–H groups in total. The van der Waals surface area contributed by atoms with Gasteiger partial charge in [-0.2, -0.15) is 0 Å². The molecule has 0 fully saturated rings. The van der Waals surface area contributed by atoms with E-state index in [-0.39, 0.29) is 25.7 Å². The van der Waals surface area contributed by atoms with Crippen molar-refractivity contribution < 1.29 is 80.2 Å². The maximum Gasteiger partial charge on any atom is 0.472 e. The van der Waals surface area contributed by atoms with Crippen LogP contribution in [0.25, 0.3) is 0 Å². The van der Waals surface area contributed by atoms with Crippen LogP contribution in [0.15, 0.2) is 158 Å². The predicted molar refractivity (Wildman–Crippen MR) is 436 cm³/mol. The van der Waals surface area contributed by atoms with Crippen molar-refractivity contribution >= 4 is 39.5 Å². The molecule has 0 radical (unpaired) electrons. The molecule has 0 aliphatic carbocycles. The van der Waals surface area contributed by atoms with Gasteiger partial charge in [-0.25, -0.2) is 9.13 Å². The molecule has 0 spiro atoms. The summed E-state index contributed by atoms with van der Waals surface area (Å²) in [5, 5.41) is 10.7. The predicted octanol–water partition coefficient (Wildman–Crippen LogP) is 24.0. The number of unbranched alkanes of at least 4 members (excludes halogenated alkanes) is 23. The fourth-order valence-corrected chi connectivity index (χ4v) is 12.0. The molecule has 0 saturated heterocycles. The van der Waals surface area contributed by atoms with E-state index in [0.29, 0.717) is 25.7 Å². The number of phosphoric ester groups is 2. The molecule has 19 heteroatoms. The lowest BCUT2D eigenvalue weighted by Gasteiger charge is -2.21. The molecule has 0 aromatic rings. The van der Waals surface area contributed by atoms with Crippen molar-refractivity contribution in [2.45, 2.75) is 329 Å². The van der Waals surface area contributed by atoms with Crippen LogP contribution in [0.2, 0.25) is 0 Å². The first-order chi connectivity index (χ1) is 51.7. The Bertz CT molecular complexity index is 2630. The first-order valence-electron chi connectivity index (χ1n) is 40.7. The van der Waals surface area contributed by atoms with E-state index < -0.39 is 97.5 Å². The van der Waals surface area contributed by atoms with E-state index in [4.69, 9.17) is 37.0 Å². The fraction of sp³-hybridized carbons (Fsp3) is 0.655. The Morgan fingerprint density at radius 3 is 0.755 bits per heavy atom. The maximum absolute atomic E-state index is 13.1. The maximum atomic E-state index is 13.1. The van der Waals surface area contributed by atoms with Crippen molar-refractivity contribution in [3.05, 3.63) is 158 Å². The first kappa shape index (κ1) is 101. The van der Waals surface area contributed by atoms with Gasteiger partial charge in [-0.3, -0.25) is 37.3 Å². The average Bonchev–Trinajstić information content (AvgIpc) is 0.900. The van der Waals surface area contributed by atoms with E-state index in [1.165, 1.54) is 0 Å². The minimum atomic E-state index is -5.00. The Morgan fingerprint density at radius 1 is 0.274 bits per heavy atom. The molecule has 106 heavy (non-hydrogen) atoms. The lowest BCUT2D eigenvalue weighted by atomic mass is 10.1. The second-order valence-electron chi connectivity index (χ2n) is 26.6. The van der Waals surface area contributed by atoms with Gasteiger partial charge in [0.2, 0.25) is 0 Å². The summed E-state index contributed by atoms with van der Waals surface area (Å²) in [4.78, 5) is 73.1. The molecule has 5 unspecified atom stereocenters. The molecule has 17 nitrogen and oxygen atoms in total. The highest BCUT2D eigenvalue weighted by Crippen LogP contribution is 2.45. The Kier molecular flexibility index (Phi) is 73.9. The molecule has 5 atom stereocenters. The van der Waals surface area contributed by atoms with Gasteiger partial charge in [-0.05, 0) is 161 Å². The largest absolute Gasteiger partial charge is 0.472 e. The normalized spacial score (nSPS) is 14.7. The van der Waals surface area contributed by atoms with Crippen LogP contribution in [-0.2, 0) is 65.4 Å². The second-order valence-corrected chi connectivity index (χ2v) is 29.5. The van der Waals surface area contributed by atoms with E-state index in [1.807, 2.05) is 0 Å². The Morgan fingerprint density at radius 2 is 0.491 bits per heavy atom. The van der Waals surface area contributed by atoms with Crippen molar-refractivity contribution in [3.8, 4) is 0 Å². The molecule has 0 aromatic heterocycles. The SMILES string of the molecule is CC/C=C\C/C=C\C/C=C\C/C=C\CCCCCCCCC(=O)OCC(COP(=O)(O)OCC(O)COP(=O)(O)OCC(COC(=O)CCCCCC/C=C\C/C=C\C/C=C\C/C=C\CC)OC(=O)CCCCCCCCC/C=C\C/C=C\C/C=C\CC)OC(=O)CCCCCCC/C=C\C/C=C\CCC. The van der Waals surface area contributed by atoms with Crippen LogP contribution in [0.3, 0.4) is 0 Å². The molecule has 604 valence electrons. The van der Waals surface area contributed by atoms with Crippen molar-refractivity contribution in [2.75, 3.05) is 39.6 Å². The molecule has 0 rings (SSSR count). The van der Waals surface area contributed by atoms with Crippen LogP contribution in [0.1, 0.15) is 310 Å². The zero-order valence-electron chi connectivity index (χ0n) is 66.1. The van der Waals surface area contributed by atoms with Crippen LogP contribution in [-0.4, -0.2) is 96.7 Å². The third-order valence-electron chi connectivity index (χ3n) is 16.4.